The lowest BCUT2D eigenvalue weighted by atomic mass is 10.0. The van der Waals surface area contributed by atoms with Gasteiger partial charge in [0.2, 0.25) is 5.95 Å². The molecule has 7 heteroatoms. The molecule has 122 valence electrons. The summed E-state index contributed by atoms with van der Waals surface area (Å²) in [6.45, 7) is 1.79. The predicted molar refractivity (Wildman–Crippen MR) is 89.5 cm³/mol. The second-order valence-electron chi connectivity index (χ2n) is 5.53. The van der Waals surface area contributed by atoms with Gasteiger partial charge >= 0.3 is 5.97 Å². The van der Waals surface area contributed by atoms with Crippen molar-refractivity contribution < 1.29 is 9.90 Å². The summed E-state index contributed by atoms with van der Waals surface area (Å²) in [5.74, 6) is -0.413. The van der Waals surface area contributed by atoms with Gasteiger partial charge in [-0.1, -0.05) is 12.1 Å². The molecule has 0 aliphatic heterocycles. The molecule has 0 bridgehead atoms. The van der Waals surface area contributed by atoms with Gasteiger partial charge in [-0.2, -0.15) is 5.10 Å². The molecule has 0 unspecified atom stereocenters. The maximum absolute atomic E-state index is 11.1. The van der Waals surface area contributed by atoms with Crippen LogP contribution in [0.3, 0.4) is 0 Å². The number of aromatic nitrogens is 4. The topological polar surface area (TPSA) is 92.9 Å². The highest BCUT2D eigenvalue weighted by molar-refractivity contribution is 5.89. The quantitative estimate of drug-likeness (QED) is 0.749. The molecule has 0 saturated carbocycles. The molecule has 1 aromatic carbocycles. The van der Waals surface area contributed by atoms with Crippen molar-refractivity contribution in [3.05, 3.63) is 65.2 Å². The van der Waals surface area contributed by atoms with Crippen molar-refractivity contribution in [2.75, 3.05) is 5.32 Å². The van der Waals surface area contributed by atoms with Crippen molar-refractivity contribution >= 4 is 17.6 Å². The minimum absolute atomic E-state index is 0.320. The Balaban J connectivity index is 1.77. The molecule has 0 atom stereocenters. The zero-order chi connectivity index (χ0) is 17.1. The number of nitrogens with zero attached hydrogens (tertiary/aromatic N) is 4. The lowest BCUT2D eigenvalue weighted by molar-refractivity contribution is 0.0696. The van der Waals surface area contributed by atoms with Gasteiger partial charge in [-0.25, -0.2) is 14.8 Å². The minimum atomic E-state index is -0.913. The molecule has 3 rings (SSSR count). The summed E-state index contributed by atoms with van der Waals surface area (Å²) >= 11 is 0. The number of anilines is 2. The fourth-order valence-electron chi connectivity index (χ4n) is 2.45. The molecule has 0 fully saturated rings. The first-order valence-electron chi connectivity index (χ1n) is 7.41. The molecule has 0 radical (unpaired) electrons. The lowest BCUT2D eigenvalue weighted by Gasteiger charge is -2.07. The SMILES string of the molecule is Cc1cc(Cc2ccnc(Nc3cnn(C)c3)n2)ccc1C(=O)O. The number of rotatable bonds is 5. The Kier molecular flexibility index (Phi) is 4.24. The van der Waals surface area contributed by atoms with Crippen molar-refractivity contribution in [2.45, 2.75) is 13.3 Å². The smallest absolute Gasteiger partial charge is 0.335 e. The van der Waals surface area contributed by atoms with Crippen LogP contribution in [-0.4, -0.2) is 30.8 Å². The first-order valence-corrected chi connectivity index (χ1v) is 7.41. The van der Waals surface area contributed by atoms with Gasteiger partial charge < -0.3 is 10.4 Å². The molecule has 0 amide bonds. The normalized spacial score (nSPS) is 10.6. The van der Waals surface area contributed by atoms with Crippen LogP contribution < -0.4 is 5.32 Å². The first kappa shape index (κ1) is 15.7. The molecule has 0 aliphatic carbocycles. The molecule has 24 heavy (non-hydrogen) atoms. The van der Waals surface area contributed by atoms with Crippen LogP contribution in [0.4, 0.5) is 11.6 Å². The molecule has 2 aromatic heterocycles. The van der Waals surface area contributed by atoms with Gasteiger partial charge in [-0.3, -0.25) is 4.68 Å². The molecular weight excluding hydrogens is 306 g/mol. The Morgan fingerprint density at radius 1 is 1.33 bits per heavy atom. The molecule has 0 spiro atoms. The Morgan fingerprint density at radius 2 is 2.17 bits per heavy atom. The maximum atomic E-state index is 11.1. The summed E-state index contributed by atoms with van der Waals surface area (Å²) < 4.78 is 1.69. The standard InChI is InChI=1S/C17H17N5O2/c1-11-7-12(3-4-15(11)16(23)24)8-13-5-6-18-17(20-13)21-14-9-19-22(2)10-14/h3-7,9-10H,8H2,1-2H3,(H,23,24)(H,18,20,21). The van der Waals surface area contributed by atoms with Gasteiger partial charge in [0, 0.05) is 25.9 Å². The van der Waals surface area contributed by atoms with E-state index in [-0.39, 0.29) is 0 Å². The largest absolute Gasteiger partial charge is 0.478 e. The molecule has 7 nitrogen and oxygen atoms in total. The zero-order valence-corrected chi connectivity index (χ0v) is 13.4. The van der Waals surface area contributed by atoms with Crippen LogP contribution in [0.5, 0.6) is 0 Å². The lowest BCUT2D eigenvalue weighted by Crippen LogP contribution is -2.02. The number of aryl methyl sites for hydroxylation is 2. The van der Waals surface area contributed by atoms with E-state index in [0.29, 0.717) is 17.9 Å². The van der Waals surface area contributed by atoms with Gasteiger partial charge in [-0.05, 0) is 30.2 Å². The summed E-state index contributed by atoms with van der Waals surface area (Å²) in [5, 5.41) is 16.3. The number of carbonyl (C=O) groups is 1. The van der Waals surface area contributed by atoms with E-state index in [4.69, 9.17) is 5.11 Å². The van der Waals surface area contributed by atoms with E-state index in [0.717, 1.165) is 22.5 Å². The summed E-state index contributed by atoms with van der Waals surface area (Å²) in [6.07, 6.45) is 5.83. The van der Waals surface area contributed by atoms with E-state index in [9.17, 15) is 4.79 Å². The van der Waals surface area contributed by atoms with E-state index in [2.05, 4.69) is 20.4 Å². The van der Waals surface area contributed by atoms with Crippen molar-refractivity contribution in [1.29, 1.82) is 0 Å². The molecule has 0 saturated heterocycles. The third-order valence-electron chi connectivity index (χ3n) is 3.58. The number of carboxylic acid groups (broad SMARTS) is 1. The Labute approximate surface area is 139 Å². The second kappa shape index (κ2) is 6.49. The van der Waals surface area contributed by atoms with E-state index in [1.54, 1.807) is 30.1 Å². The van der Waals surface area contributed by atoms with Gasteiger partial charge in [0.25, 0.3) is 0 Å². The first-order chi connectivity index (χ1) is 11.5. The number of benzene rings is 1. The fraction of sp³-hybridized carbons (Fsp3) is 0.176. The van der Waals surface area contributed by atoms with Crippen LogP contribution in [0.1, 0.15) is 27.2 Å². The third-order valence-corrected chi connectivity index (χ3v) is 3.58. The van der Waals surface area contributed by atoms with Crippen molar-refractivity contribution in [2.24, 2.45) is 7.05 Å². The van der Waals surface area contributed by atoms with E-state index in [1.807, 2.05) is 31.4 Å². The zero-order valence-electron chi connectivity index (χ0n) is 13.4. The Hall–Kier alpha value is -3.22. The van der Waals surface area contributed by atoms with Gasteiger partial charge in [0.15, 0.2) is 0 Å². The average Bonchev–Trinajstić information content (AvgIpc) is 2.92. The van der Waals surface area contributed by atoms with Crippen molar-refractivity contribution in [3.63, 3.8) is 0 Å². The number of aromatic carboxylic acids is 1. The van der Waals surface area contributed by atoms with Crippen LogP contribution in [0.2, 0.25) is 0 Å². The molecule has 2 N–H and O–H groups in total. The average molecular weight is 323 g/mol. The molecular formula is C17H17N5O2. The Bertz CT molecular complexity index is 888. The summed E-state index contributed by atoms with van der Waals surface area (Å²) in [7, 11) is 1.84. The van der Waals surface area contributed by atoms with Crippen LogP contribution in [-0.2, 0) is 13.5 Å². The van der Waals surface area contributed by atoms with Crippen LogP contribution in [0.15, 0.2) is 42.9 Å². The second-order valence-corrected chi connectivity index (χ2v) is 5.53. The summed E-state index contributed by atoms with van der Waals surface area (Å²) in [6, 6.07) is 7.16. The number of hydrogen-bond donors (Lipinski definition) is 2. The highest BCUT2D eigenvalue weighted by atomic mass is 16.4. The summed E-state index contributed by atoms with van der Waals surface area (Å²) in [4.78, 5) is 19.8. The number of nitrogens with one attached hydrogen (secondary N) is 1. The van der Waals surface area contributed by atoms with Crippen molar-refractivity contribution in [3.8, 4) is 0 Å². The van der Waals surface area contributed by atoms with E-state index >= 15 is 0 Å². The third kappa shape index (κ3) is 3.57. The minimum Gasteiger partial charge on any atom is -0.478 e. The predicted octanol–water partition coefficient (Wildman–Crippen LogP) is 2.55. The van der Waals surface area contributed by atoms with Crippen LogP contribution in [0, 0.1) is 6.92 Å². The molecule has 2 heterocycles. The van der Waals surface area contributed by atoms with Crippen molar-refractivity contribution in [1.82, 2.24) is 19.7 Å². The van der Waals surface area contributed by atoms with Crippen LogP contribution >= 0.6 is 0 Å². The number of carboxylic acids is 1. The molecule has 0 aliphatic rings. The Morgan fingerprint density at radius 3 is 2.83 bits per heavy atom. The van der Waals surface area contributed by atoms with Gasteiger partial charge in [0.1, 0.15) is 0 Å². The van der Waals surface area contributed by atoms with Crippen LogP contribution in [0.25, 0.3) is 0 Å². The highest BCUT2D eigenvalue weighted by Crippen LogP contribution is 2.16. The summed E-state index contributed by atoms with van der Waals surface area (Å²) in [5.41, 5.74) is 3.72. The maximum Gasteiger partial charge on any atom is 0.335 e. The van der Waals surface area contributed by atoms with Gasteiger partial charge in [0.05, 0.1) is 23.1 Å². The molecule has 3 aromatic rings. The number of hydrogen-bond acceptors (Lipinski definition) is 5. The highest BCUT2D eigenvalue weighted by Gasteiger charge is 2.08. The van der Waals surface area contributed by atoms with E-state index < -0.39 is 5.97 Å². The monoisotopic (exact) mass is 323 g/mol. The van der Waals surface area contributed by atoms with Gasteiger partial charge in [-0.15, -0.1) is 0 Å². The fourth-order valence-corrected chi connectivity index (χ4v) is 2.45. The van der Waals surface area contributed by atoms with E-state index in [1.165, 1.54) is 0 Å².